The minimum atomic E-state index is -2.08. The molecule has 0 fully saturated rings. The van der Waals surface area contributed by atoms with Crippen molar-refractivity contribution in [1.29, 1.82) is 0 Å². The summed E-state index contributed by atoms with van der Waals surface area (Å²) in [5.74, 6) is 0.297. The number of phenolic OH excluding ortho intramolecular Hbond substituents is 1. The third-order valence-electron chi connectivity index (χ3n) is 5.63. The SMILES string of the molecule is Oc1ccc2cc([P+](c3ccccc3)(c3ccccc3)c3ccccc3)ccc2c1.[Br-]. The quantitative estimate of drug-likeness (QED) is 0.387. The molecular formula is C28H22BrOP. The van der Waals surface area contributed by atoms with E-state index in [0.717, 1.165) is 10.8 Å². The zero-order valence-electron chi connectivity index (χ0n) is 16.9. The molecule has 1 N–H and O–H groups in total. The van der Waals surface area contributed by atoms with Gasteiger partial charge >= 0.3 is 0 Å². The molecule has 1 nitrogen and oxygen atoms in total. The number of hydrogen-bond donors (Lipinski definition) is 1. The van der Waals surface area contributed by atoms with Crippen molar-refractivity contribution >= 4 is 39.3 Å². The number of benzene rings is 5. The Bertz CT molecular complexity index is 1190. The standard InChI is InChI=1S/C28H21OP.BrH/c29-24-18-16-23-21-28(19-17-22(23)20-24)30(25-10-4-1-5-11-25,26-12-6-2-7-13-26)27-14-8-3-9-15-27;/h1-21H;1H. The molecule has 5 aromatic rings. The second-order valence-electron chi connectivity index (χ2n) is 7.39. The Labute approximate surface area is 194 Å². The van der Waals surface area contributed by atoms with Crippen LogP contribution in [0.2, 0.25) is 0 Å². The maximum Gasteiger partial charge on any atom is 0.144 e. The van der Waals surface area contributed by atoms with Crippen LogP contribution in [0.1, 0.15) is 0 Å². The van der Waals surface area contributed by atoms with Gasteiger partial charge in [-0.15, -0.1) is 0 Å². The van der Waals surface area contributed by atoms with E-state index < -0.39 is 7.26 Å². The zero-order valence-corrected chi connectivity index (χ0v) is 19.4. The monoisotopic (exact) mass is 484 g/mol. The summed E-state index contributed by atoms with van der Waals surface area (Å²) in [4.78, 5) is 0. The van der Waals surface area contributed by atoms with Crippen LogP contribution in [-0.2, 0) is 0 Å². The van der Waals surface area contributed by atoms with Crippen LogP contribution in [0.15, 0.2) is 127 Å². The van der Waals surface area contributed by atoms with E-state index in [2.05, 4.69) is 109 Å². The van der Waals surface area contributed by atoms with E-state index in [-0.39, 0.29) is 17.0 Å². The Morgan fingerprint density at radius 2 is 0.839 bits per heavy atom. The third kappa shape index (κ3) is 3.78. The number of hydrogen-bond acceptors (Lipinski definition) is 1. The zero-order chi connectivity index (χ0) is 20.4. The van der Waals surface area contributed by atoms with Crippen LogP contribution in [-0.4, -0.2) is 5.11 Å². The molecule has 0 heterocycles. The number of halogens is 1. The topological polar surface area (TPSA) is 20.2 Å². The first-order valence-corrected chi connectivity index (χ1v) is 11.9. The highest BCUT2D eigenvalue weighted by molar-refractivity contribution is 8.01. The Hall–Kier alpha value is -2.93. The first kappa shape index (κ1) is 21.3. The molecule has 31 heavy (non-hydrogen) atoms. The summed E-state index contributed by atoms with van der Waals surface area (Å²) in [7, 11) is -2.08. The van der Waals surface area contributed by atoms with Crippen molar-refractivity contribution in [2.24, 2.45) is 0 Å². The van der Waals surface area contributed by atoms with Crippen LogP contribution in [0, 0.1) is 0 Å². The molecule has 0 aliphatic heterocycles. The molecule has 0 unspecified atom stereocenters. The van der Waals surface area contributed by atoms with E-state index in [1.54, 1.807) is 6.07 Å². The van der Waals surface area contributed by atoms with Crippen molar-refractivity contribution in [3.05, 3.63) is 127 Å². The first-order valence-electron chi connectivity index (χ1n) is 10.1. The minimum Gasteiger partial charge on any atom is -1.00 e. The molecule has 0 saturated carbocycles. The summed E-state index contributed by atoms with van der Waals surface area (Å²) < 4.78 is 0. The van der Waals surface area contributed by atoms with Gasteiger partial charge in [-0.05, 0) is 71.4 Å². The molecule has 0 aliphatic rings. The van der Waals surface area contributed by atoms with Crippen molar-refractivity contribution in [3.8, 4) is 5.75 Å². The summed E-state index contributed by atoms with van der Waals surface area (Å²) in [6, 6.07) is 44.9. The normalized spacial score (nSPS) is 11.1. The van der Waals surface area contributed by atoms with E-state index in [0.29, 0.717) is 5.75 Å². The largest absolute Gasteiger partial charge is 1.00 e. The molecule has 152 valence electrons. The fourth-order valence-electron chi connectivity index (χ4n) is 4.28. The van der Waals surface area contributed by atoms with Gasteiger partial charge in [-0.2, -0.15) is 0 Å². The van der Waals surface area contributed by atoms with Crippen molar-refractivity contribution in [3.63, 3.8) is 0 Å². The summed E-state index contributed by atoms with van der Waals surface area (Å²) in [5.41, 5.74) is 0. The van der Waals surface area contributed by atoms with Crippen LogP contribution in [0.5, 0.6) is 5.75 Å². The second kappa shape index (κ2) is 9.06. The minimum absolute atomic E-state index is 0. The first-order chi connectivity index (χ1) is 14.8. The van der Waals surface area contributed by atoms with Crippen LogP contribution < -0.4 is 38.2 Å². The van der Waals surface area contributed by atoms with Crippen molar-refractivity contribution < 1.29 is 22.1 Å². The number of fused-ring (bicyclic) bond motifs is 1. The lowest BCUT2D eigenvalue weighted by atomic mass is 10.1. The highest BCUT2D eigenvalue weighted by atomic mass is 79.9. The van der Waals surface area contributed by atoms with E-state index >= 15 is 0 Å². The van der Waals surface area contributed by atoms with Crippen LogP contribution >= 0.6 is 7.26 Å². The molecular weight excluding hydrogens is 463 g/mol. The van der Waals surface area contributed by atoms with Crippen molar-refractivity contribution in [1.82, 2.24) is 0 Å². The number of phenols is 1. The predicted molar refractivity (Wildman–Crippen MR) is 130 cm³/mol. The Morgan fingerprint density at radius 3 is 1.32 bits per heavy atom. The lowest BCUT2D eigenvalue weighted by molar-refractivity contribution is -0.00000670. The highest BCUT2D eigenvalue weighted by Crippen LogP contribution is 2.54. The number of aromatic hydroxyl groups is 1. The smallest absolute Gasteiger partial charge is 0.144 e. The van der Waals surface area contributed by atoms with Gasteiger partial charge in [0.05, 0.1) is 0 Å². The summed E-state index contributed by atoms with van der Waals surface area (Å²) in [5, 5.41) is 17.4. The molecule has 5 aromatic carbocycles. The van der Waals surface area contributed by atoms with Gasteiger partial charge in [-0.25, -0.2) is 0 Å². The van der Waals surface area contributed by atoms with Crippen molar-refractivity contribution in [2.75, 3.05) is 0 Å². The predicted octanol–water partition coefficient (Wildman–Crippen LogP) is 2.17. The fourth-order valence-corrected chi connectivity index (χ4v) is 8.56. The molecule has 0 atom stereocenters. The molecule has 0 radical (unpaired) electrons. The van der Waals surface area contributed by atoms with Gasteiger partial charge in [0.25, 0.3) is 0 Å². The Morgan fingerprint density at radius 1 is 0.419 bits per heavy atom. The molecule has 0 saturated heterocycles. The maximum absolute atomic E-state index is 9.90. The van der Waals surface area contributed by atoms with Crippen LogP contribution in [0.25, 0.3) is 10.8 Å². The molecule has 0 spiro atoms. The third-order valence-corrected chi connectivity index (χ3v) is 9.90. The van der Waals surface area contributed by atoms with Crippen molar-refractivity contribution in [2.45, 2.75) is 0 Å². The molecule has 5 rings (SSSR count). The van der Waals surface area contributed by atoms with Gasteiger partial charge in [0.15, 0.2) is 0 Å². The van der Waals surface area contributed by atoms with E-state index in [4.69, 9.17) is 0 Å². The molecule has 0 bridgehead atoms. The Balaban J connectivity index is 0.00000231. The molecule has 3 heteroatoms. The van der Waals surface area contributed by atoms with Crippen LogP contribution in [0.4, 0.5) is 0 Å². The van der Waals surface area contributed by atoms with Gasteiger partial charge < -0.3 is 22.1 Å². The van der Waals surface area contributed by atoms with E-state index in [9.17, 15) is 5.11 Å². The summed E-state index contributed by atoms with van der Waals surface area (Å²) in [6.45, 7) is 0. The second-order valence-corrected chi connectivity index (χ2v) is 10.8. The molecule has 0 aromatic heterocycles. The maximum atomic E-state index is 9.90. The van der Waals surface area contributed by atoms with Crippen LogP contribution in [0.3, 0.4) is 0 Å². The van der Waals surface area contributed by atoms with Gasteiger partial charge in [-0.3, -0.25) is 0 Å². The van der Waals surface area contributed by atoms with E-state index in [1.165, 1.54) is 21.2 Å². The Kier molecular flexibility index (Phi) is 6.23. The van der Waals surface area contributed by atoms with Gasteiger partial charge in [0.2, 0.25) is 0 Å². The molecule has 0 amide bonds. The lowest BCUT2D eigenvalue weighted by Gasteiger charge is -2.27. The van der Waals surface area contributed by atoms with E-state index in [1.807, 2.05) is 12.1 Å². The molecule has 0 aliphatic carbocycles. The van der Waals surface area contributed by atoms with Gasteiger partial charge in [0, 0.05) is 0 Å². The average Bonchev–Trinajstić information content (AvgIpc) is 2.82. The highest BCUT2D eigenvalue weighted by Gasteiger charge is 2.47. The summed E-state index contributed by atoms with van der Waals surface area (Å²) >= 11 is 0. The van der Waals surface area contributed by atoms with Gasteiger partial charge in [-0.1, -0.05) is 66.7 Å². The number of rotatable bonds is 4. The summed E-state index contributed by atoms with van der Waals surface area (Å²) in [6.07, 6.45) is 0. The van der Waals surface area contributed by atoms with Gasteiger partial charge in [0.1, 0.15) is 34.2 Å². The lowest BCUT2D eigenvalue weighted by Crippen LogP contribution is -3.00. The fraction of sp³-hybridized carbons (Fsp3) is 0. The average molecular weight is 485 g/mol.